The number of rotatable bonds is 4. The fourth-order valence-corrected chi connectivity index (χ4v) is 4.22. The van der Waals surface area contributed by atoms with Crippen LogP contribution in [-0.2, 0) is 14.8 Å². The minimum atomic E-state index is -3.71. The van der Waals surface area contributed by atoms with Crippen molar-refractivity contribution in [2.75, 3.05) is 13.2 Å². The number of sulfonamides is 1. The number of carbonyl (C=O) groups is 1. The number of hydrogen-bond acceptors (Lipinski definition) is 4. The Kier molecular flexibility index (Phi) is 4.65. The van der Waals surface area contributed by atoms with Crippen molar-refractivity contribution in [3.8, 4) is 0 Å². The summed E-state index contributed by atoms with van der Waals surface area (Å²) in [5.74, 6) is -1.55. The molecule has 0 aliphatic carbocycles. The maximum absolute atomic E-state index is 12.6. The Morgan fingerprint density at radius 2 is 1.95 bits per heavy atom. The molecule has 0 saturated carbocycles. The number of carboxylic acids is 1. The molecule has 0 bridgehead atoms. The molecule has 2 atom stereocenters. The van der Waals surface area contributed by atoms with E-state index in [1.807, 2.05) is 6.92 Å². The molecule has 1 aliphatic rings. The molecule has 6 nitrogen and oxygen atoms in total. The second-order valence-electron chi connectivity index (χ2n) is 5.32. The van der Waals surface area contributed by atoms with Crippen LogP contribution in [0.5, 0.6) is 0 Å². The van der Waals surface area contributed by atoms with Crippen molar-refractivity contribution >= 4 is 16.0 Å². The zero-order valence-corrected chi connectivity index (χ0v) is 12.6. The molecule has 2 rings (SSSR count). The van der Waals surface area contributed by atoms with Crippen LogP contribution in [0.2, 0.25) is 0 Å². The third kappa shape index (κ3) is 3.25. The lowest BCUT2D eigenvalue weighted by Gasteiger charge is -2.36. The van der Waals surface area contributed by atoms with E-state index in [0.717, 1.165) is 5.56 Å². The molecule has 0 aromatic heterocycles. The van der Waals surface area contributed by atoms with Gasteiger partial charge in [0.15, 0.2) is 0 Å². The highest BCUT2D eigenvalue weighted by Crippen LogP contribution is 2.28. The topological polar surface area (TPSA) is 94.9 Å². The monoisotopic (exact) mass is 313 g/mol. The van der Waals surface area contributed by atoms with Gasteiger partial charge >= 0.3 is 5.97 Å². The van der Waals surface area contributed by atoms with Crippen molar-refractivity contribution in [1.29, 1.82) is 0 Å². The van der Waals surface area contributed by atoms with Crippen LogP contribution in [0.3, 0.4) is 0 Å². The first-order valence-corrected chi connectivity index (χ1v) is 8.22. The van der Waals surface area contributed by atoms with E-state index in [9.17, 15) is 18.3 Å². The summed E-state index contributed by atoms with van der Waals surface area (Å²) in [7, 11) is -3.71. The number of aliphatic carboxylic acids is 1. The molecule has 1 aliphatic heterocycles. The summed E-state index contributed by atoms with van der Waals surface area (Å²) in [6.07, 6.45) is 0.397. The fraction of sp³-hybridized carbons (Fsp3) is 0.500. The molecule has 1 aromatic carbocycles. The number of piperidine rings is 1. The van der Waals surface area contributed by atoms with Gasteiger partial charge in [0.2, 0.25) is 10.0 Å². The molecule has 1 fully saturated rings. The van der Waals surface area contributed by atoms with Crippen molar-refractivity contribution in [1.82, 2.24) is 4.31 Å². The number of aliphatic hydroxyl groups excluding tert-OH is 1. The van der Waals surface area contributed by atoms with E-state index in [0.29, 0.717) is 0 Å². The number of aliphatic hydroxyl groups is 1. The van der Waals surface area contributed by atoms with Gasteiger partial charge in [-0.05, 0) is 31.9 Å². The molecule has 0 radical (unpaired) electrons. The second kappa shape index (κ2) is 6.13. The van der Waals surface area contributed by atoms with Gasteiger partial charge in [0.05, 0.1) is 17.4 Å². The number of hydrogen-bond donors (Lipinski definition) is 2. The molecule has 2 unspecified atom stereocenters. The summed E-state index contributed by atoms with van der Waals surface area (Å²) >= 11 is 0. The summed E-state index contributed by atoms with van der Waals surface area (Å²) in [6.45, 7) is 1.60. The van der Waals surface area contributed by atoms with E-state index in [-0.39, 0.29) is 30.9 Å². The summed E-state index contributed by atoms with van der Waals surface area (Å²) in [5.41, 5.74) is 0.956. The van der Waals surface area contributed by atoms with E-state index < -0.39 is 28.0 Å². The Morgan fingerprint density at radius 1 is 1.33 bits per heavy atom. The van der Waals surface area contributed by atoms with Crippen molar-refractivity contribution < 1.29 is 23.4 Å². The first-order valence-electron chi connectivity index (χ1n) is 6.78. The molecule has 1 heterocycles. The minimum absolute atomic E-state index is 0.110. The predicted octanol–water partition coefficient (Wildman–Crippen LogP) is 0.841. The lowest BCUT2D eigenvalue weighted by atomic mass is 9.93. The normalized spacial score (nSPS) is 23.9. The van der Waals surface area contributed by atoms with Gasteiger partial charge in [0.1, 0.15) is 0 Å². The van der Waals surface area contributed by atoms with Crippen molar-refractivity contribution in [3.05, 3.63) is 29.8 Å². The Balaban J connectivity index is 2.27. The third-order valence-corrected chi connectivity index (χ3v) is 5.82. The van der Waals surface area contributed by atoms with Crippen molar-refractivity contribution in [3.63, 3.8) is 0 Å². The van der Waals surface area contributed by atoms with E-state index in [4.69, 9.17) is 5.11 Å². The second-order valence-corrected chi connectivity index (χ2v) is 7.22. The largest absolute Gasteiger partial charge is 0.481 e. The molecular weight excluding hydrogens is 294 g/mol. The van der Waals surface area contributed by atoms with Gasteiger partial charge in [-0.15, -0.1) is 0 Å². The van der Waals surface area contributed by atoms with Gasteiger partial charge in [0, 0.05) is 12.6 Å². The highest BCUT2D eigenvalue weighted by Gasteiger charge is 2.38. The molecule has 21 heavy (non-hydrogen) atoms. The molecule has 2 N–H and O–H groups in total. The van der Waals surface area contributed by atoms with E-state index in [1.54, 1.807) is 12.1 Å². The minimum Gasteiger partial charge on any atom is -0.481 e. The van der Waals surface area contributed by atoms with Crippen LogP contribution in [-0.4, -0.2) is 48.1 Å². The molecule has 0 spiro atoms. The standard InChI is InChI=1S/C14H19NO5S/c1-10-2-4-13(5-3-10)21(19,20)15-7-6-11(14(17)18)8-12(15)9-16/h2-5,11-12,16H,6-9H2,1H3,(H,17,18). The molecule has 116 valence electrons. The lowest BCUT2D eigenvalue weighted by Crippen LogP contribution is -2.49. The van der Waals surface area contributed by atoms with Gasteiger partial charge in [-0.3, -0.25) is 4.79 Å². The molecule has 0 amide bonds. The maximum Gasteiger partial charge on any atom is 0.306 e. The predicted molar refractivity (Wildman–Crippen MR) is 76.3 cm³/mol. The Bertz CT molecular complexity index is 611. The van der Waals surface area contributed by atoms with Crippen LogP contribution in [0.15, 0.2) is 29.2 Å². The van der Waals surface area contributed by atoms with E-state index in [1.165, 1.54) is 16.4 Å². The SMILES string of the molecule is Cc1ccc(S(=O)(=O)N2CCC(C(=O)O)CC2CO)cc1. The van der Waals surface area contributed by atoms with Crippen molar-refractivity contribution in [2.45, 2.75) is 30.7 Å². The smallest absolute Gasteiger partial charge is 0.306 e. The summed E-state index contributed by atoms with van der Waals surface area (Å²) in [5, 5.41) is 18.5. The van der Waals surface area contributed by atoms with E-state index in [2.05, 4.69) is 0 Å². The zero-order valence-electron chi connectivity index (χ0n) is 11.8. The number of benzene rings is 1. The van der Waals surface area contributed by atoms with Gasteiger partial charge in [-0.2, -0.15) is 4.31 Å². The first kappa shape index (κ1) is 15.9. The summed E-state index contributed by atoms with van der Waals surface area (Å²) < 4.78 is 26.4. The highest BCUT2D eigenvalue weighted by molar-refractivity contribution is 7.89. The average Bonchev–Trinajstić information content (AvgIpc) is 2.46. The Labute approximate surface area is 124 Å². The summed E-state index contributed by atoms with van der Waals surface area (Å²) in [4.78, 5) is 11.2. The van der Waals surface area contributed by atoms with Gasteiger partial charge in [-0.1, -0.05) is 17.7 Å². The average molecular weight is 313 g/mol. The summed E-state index contributed by atoms with van der Waals surface area (Å²) in [6, 6.07) is 5.80. The van der Waals surface area contributed by atoms with Gasteiger partial charge in [0.25, 0.3) is 0 Å². The quantitative estimate of drug-likeness (QED) is 0.859. The van der Waals surface area contributed by atoms with Crippen LogP contribution in [0.1, 0.15) is 18.4 Å². The van der Waals surface area contributed by atoms with Crippen LogP contribution in [0, 0.1) is 12.8 Å². The first-order chi connectivity index (χ1) is 9.86. The maximum atomic E-state index is 12.6. The molecular formula is C14H19NO5S. The zero-order chi connectivity index (χ0) is 15.6. The van der Waals surface area contributed by atoms with Crippen LogP contribution in [0.4, 0.5) is 0 Å². The molecule has 7 heteroatoms. The van der Waals surface area contributed by atoms with Crippen molar-refractivity contribution in [2.24, 2.45) is 5.92 Å². The van der Waals surface area contributed by atoms with Crippen LogP contribution < -0.4 is 0 Å². The van der Waals surface area contributed by atoms with Crippen LogP contribution >= 0.6 is 0 Å². The number of nitrogens with zero attached hydrogens (tertiary/aromatic N) is 1. The van der Waals surface area contributed by atoms with Gasteiger partial charge < -0.3 is 10.2 Å². The number of aryl methyl sites for hydroxylation is 1. The third-order valence-electron chi connectivity index (χ3n) is 3.85. The van der Waals surface area contributed by atoms with Gasteiger partial charge in [-0.25, -0.2) is 8.42 Å². The fourth-order valence-electron chi connectivity index (χ4n) is 2.58. The Hall–Kier alpha value is -1.44. The van der Waals surface area contributed by atoms with E-state index >= 15 is 0 Å². The Morgan fingerprint density at radius 3 is 2.48 bits per heavy atom. The molecule has 1 aromatic rings. The highest BCUT2D eigenvalue weighted by atomic mass is 32.2. The molecule has 1 saturated heterocycles. The number of carboxylic acid groups (broad SMARTS) is 1. The lowest BCUT2D eigenvalue weighted by molar-refractivity contribution is -0.143. The van der Waals surface area contributed by atoms with Crippen LogP contribution in [0.25, 0.3) is 0 Å².